The Balaban J connectivity index is 1.37. The topological polar surface area (TPSA) is 47.2 Å². The number of hydrogen-bond donors (Lipinski definition) is 1. The van der Waals surface area contributed by atoms with E-state index in [0.29, 0.717) is 6.54 Å². The van der Waals surface area contributed by atoms with E-state index in [1.165, 1.54) is 16.7 Å². The molecule has 0 aliphatic carbocycles. The summed E-state index contributed by atoms with van der Waals surface area (Å²) in [4.78, 5) is 4.68. The third-order valence-electron chi connectivity index (χ3n) is 5.35. The highest BCUT2D eigenvalue weighted by molar-refractivity contribution is 5.63. The molecule has 154 valence electrons. The second-order valence-corrected chi connectivity index (χ2v) is 7.86. The molecule has 0 aliphatic heterocycles. The third-order valence-corrected chi connectivity index (χ3v) is 5.35. The fourth-order valence-corrected chi connectivity index (χ4v) is 3.88. The normalized spacial score (nSPS) is 11.3. The van der Waals surface area contributed by atoms with Gasteiger partial charge in [-0.2, -0.15) is 5.10 Å². The summed E-state index contributed by atoms with van der Waals surface area (Å²) >= 11 is 0. The van der Waals surface area contributed by atoms with Crippen LogP contribution in [-0.4, -0.2) is 19.2 Å². The average Bonchev–Trinajstić information content (AvgIpc) is 3.38. The second kappa shape index (κ2) is 8.58. The van der Waals surface area contributed by atoms with Gasteiger partial charge in [-0.05, 0) is 30.7 Å². The van der Waals surface area contributed by atoms with Crippen molar-refractivity contribution in [2.45, 2.75) is 26.6 Å². The molecule has 0 amide bonds. The van der Waals surface area contributed by atoms with E-state index in [1.54, 1.807) is 0 Å². The maximum absolute atomic E-state index is 4.93. The number of fused-ring (bicyclic) bond motifs is 1. The van der Waals surface area contributed by atoms with Crippen LogP contribution in [0.15, 0.2) is 91.4 Å². The second-order valence-electron chi connectivity index (χ2n) is 7.86. The number of aryl methyl sites for hydroxylation is 1. The number of nitrogens with zero attached hydrogens (tertiary/aromatic N) is 4. The lowest BCUT2D eigenvalue weighted by Crippen LogP contribution is -2.13. The van der Waals surface area contributed by atoms with Gasteiger partial charge in [-0.3, -0.25) is 4.68 Å². The highest BCUT2D eigenvalue weighted by atomic mass is 15.3. The lowest BCUT2D eigenvalue weighted by Gasteiger charge is -2.05. The summed E-state index contributed by atoms with van der Waals surface area (Å²) in [6, 6.07) is 25.0. The predicted molar refractivity (Wildman–Crippen MR) is 124 cm³/mol. The molecule has 0 unspecified atom stereocenters. The van der Waals surface area contributed by atoms with Crippen LogP contribution in [0.5, 0.6) is 0 Å². The molecule has 0 aliphatic rings. The van der Waals surface area contributed by atoms with Crippen molar-refractivity contribution in [2.24, 2.45) is 0 Å². The Morgan fingerprint density at radius 2 is 1.74 bits per heavy atom. The van der Waals surface area contributed by atoms with Crippen molar-refractivity contribution in [3.05, 3.63) is 114 Å². The van der Waals surface area contributed by atoms with Crippen molar-refractivity contribution in [1.29, 1.82) is 0 Å². The average molecular weight is 408 g/mol. The van der Waals surface area contributed by atoms with Gasteiger partial charge in [-0.25, -0.2) is 4.98 Å². The number of pyridine rings is 1. The van der Waals surface area contributed by atoms with E-state index in [1.807, 2.05) is 39.5 Å². The van der Waals surface area contributed by atoms with Crippen molar-refractivity contribution in [1.82, 2.24) is 24.5 Å². The fourth-order valence-electron chi connectivity index (χ4n) is 3.88. The quantitative estimate of drug-likeness (QED) is 0.420. The van der Waals surface area contributed by atoms with Crippen molar-refractivity contribution < 1.29 is 0 Å². The number of nitrogens with one attached hydrogen (secondary N) is 1. The largest absolute Gasteiger partial charge is 0.307 e. The zero-order valence-corrected chi connectivity index (χ0v) is 17.6. The summed E-state index contributed by atoms with van der Waals surface area (Å²) in [7, 11) is 0. The lowest BCUT2D eigenvalue weighted by atomic mass is 10.1. The van der Waals surface area contributed by atoms with Crippen molar-refractivity contribution in [3.8, 4) is 11.3 Å². The standard InChI is InChI=1S/C26H25N5/c1-20-8-7-11-22(14-20)26-23(18-31(29-26)17-21-9-3-2-4-10-21)15-27-16-24-19-30-13-6-5-12-25(30)28-24/h2-14,18-19,27H,15-17H2,1H3. The van der Waals surface area contributed by atoms with Crippen LogP contribution in [0, 0.1) is 6.92 Å². The molecular weight excluding hydrogens is 382 g/mol. The summed E-state index contributed by atoms with van der Waals surface area (Å²) in [5.74, 6) is 0. The smallest absolute Gasteiger partial charge is 0.137 e. The van der Waals surface area contributed by atoms with Crippen LogP contribution in [0.4, 0.5) is 0 Å². The van der Waals surface area contributed by atoms with E-state index in [0.717, 1.165) is 35.7 Å². The molecule has 1 N–H and O–H groups in total. The molecule has 5 rings (SSSR count). The minimum atomic E-state index is 0.707. The molecule has 0 saturated carbocycles. The first-order valence-electron chi connectivity index (χ1n) is 10.6. The van der Waals surface area contributed by atoms with Crippen molar-refractivity contribution in [3.63, 3.8) is 0 Å². The maximum atomic E-state index is 4.93. The first kappa shape index (κ1) is 19.3. The van der Waals surface area contributed by atoms with Gasteiger partial charge in [0.05, 0.1) is 17.9 Å². The molecule has 0 radical (unpaired) electrons. The Bertz CT molecular complexity index is 1270. The minimum Gasteiger partial charge on any atom is -0.307 e. The van der Waals surface area contributed by atoms with Gasteiger partial charge in [0.15, 0.2) is 0 Å². The number of rotatable bonds is 7. The molecule has 5 aromatic rings. The van der Waals surface area contributed by atoms with E-state index in [4.69, 9.17) is 5.10 Å². The molecule has 3 aromatic heterocycles. The first-order chi connectivity index (χ1) is 15.2. The Morgan fingerprint density at radius 3 is 2.58 bits per heavy atom. The van der Waals surface area contributed by atoms with Gasteiger partial charge in [0.1, 0.15) is 5.65 Å². The molecule has 3 heterocycles. The molecular formula is C26H25N5. The van der Waals surface area contributed by atoms with Crippen LogP contribution >= 0.6 is 0 Å². The summed E-state index contributed by atoms with van der Waals surface area (Å²) in [6.45, 7) is 4.31. The van der Waals surface area contributed by atoms with Gasteiger partial charge in [0.25, 0.3) is 0 Å². The van der Waals surface area contributed by atoms with Crippen molar-refractivity contribution >= 4 is 5.65 Å². The highest BCUT2D eigenvalue weighted by Gasteiger charge is 2.12. The molecule has 0 saturated heterocycles. The first-order valence-corrected chi connectivity index (χ1v) is 10.6. The number of benzene rings is 2. The predicted octanol–water partition coefficient (Wildman–Crippen LogP) is 4.84. The minimum absolute atomic E-state index is 0.707. The number of aromatic nitrogens is 4. The summed E-state index contributed by atoms with van der Waals surface area (Å²) in [5, 5.41) is 8.49. The van der Waals surface area contributed by atoms with E-state index in [9.17, 15) is 0 Å². The van der Waals surface area contributed by atoms with Crippen LogP contribution in [-0.2, 0) is 19.6 Å². The highest BCUT2D eigenvalue weighted by Crippen LogP contribution is 2.23. The summed E-state index contributed by atoms with van der Waals surface area (Å²) in [5.41, 5.74) is 7.84. The van der Waals surface area contributed by atoms with Crippen LogP contribution in [0.25, 0.3) is 16.9 Å². The SMILES string of the molecule is Cc1cccc(-c2nn(Cc3ccccc3)cc2CNCc2cn3ccccc3n2)c1. The van der Waals surface area contributed by atoms with E-state index < -0.39 is 0 Å². The Kier molecular flexibility index (Phi) is 5.33. The molecule has 5 nitrogen and oxygen atoms in total. The zero-order chi connectivity index (χ0) is 21.0. The van der Waals surface area contributed by atoms with Gasteiger partial charge >= 0.3 is 0 Å². The Morgan fingerprint density at radius 1 is 0.871 bits per heavy atom. The summed E-state index contributed by atoms with van der Waals surface area (Å²) < 4.78 is 4.09. The monoisotopic (exact) mass is 407 g/mol. The fraction of sp³-hybridized carbons (Fsp3) is 0.154. The van der Waals surface area contributed by atoms with Gasteiger partial charge in [0.2, 0.25) is 0 Å². The third kappa shape index (κ3) is 4.42. The van der Waals surface area contributed by atoms with Gasteiger partial charge < -0.3 is 9.72 Å². The van der Waals surface area contributed by atoms with Crippen LogP contribution < -0.4 is 5.32 Å². The van der Waals surface area contributed by atoms with Crippen molar-refractivity contribution in [2.75, 3.05) is 0 Å². The molecule has 2 aromatic carbocycles. The molecule has 31 heavy (non-hydrogen) atoms. The van der Waals surface area contributed by atoms with E-state index >= 15 is 0 Å². The van der Waals surface area contributed by atoms with Gasteiger partial charge in [-0.15, -0.1) is 0 Å². The number of imidazole rings is 1. The van der Waals surface area contributed by atoms with Crippen LogP contribution in [0.2, 0.25) is 0 Å². The molecule has 5 heteroatoms. The summed E-state index contributed by atoms with van der Waals surface area (Å²) in [6.07, 6.45) is 6.25. The number of hydrogen-bond acceptors (Lipinski definition) is 3. The van der Waals surface area contributed by atoms with E-state index in [-0.39, 0.29) is 0 Å². The van der Waals surface area contributed by atoms with E-state index in [2.05, 4.69) is 78.1 Å². The molecule has 0 atom stereocenters. The van der Waals surface area contributed by atoms with Crippen LogP contribution in [0.1, 0.15) is 22.4 Å². The zero-order valence-electron chi connectivity index (χ0n) is 17.6. The maximum Gasteiger partial charge on any atom is 0.137 e. The Hall–Kier alpha value is -3.70. The van der Waals surface area contributed by atoms with Gasteiger partial charge in [-0.1, -0.05) is 60.2 Å². The molecule has 0 bridgehead atoms. The van der Waals surface area contributed by atoms with Gasteiger partial charge in [0, 0.05) is 42.8 Å². The lowest BCUT2D eigenvalue weighted by molar-refractivity contribution is 0.673. The van der Waals surface area contributed by atoms with Crippen LogP contribution in [0.3, 0.4) is 0 Å². The molecule has 0 spiro atoms. The molecule has 0 fully saturated rings. The Labute approximate surface area is 182 Å².